The highest BCUT2D eigenvalue weighted by Gasteiger charge is 2.22. The molecular weight excluding hydrogens is 214 g/mol. The molecule has 0 fully saturated rings. The van der Waals surface area contributed by atoms with Gasteiger partial charge in [0.25, 0.3) is 0 Å². The topological polar surface area (TPSA) is 47.3 Å². The molecule has 1 aromatic rings. The molecule has 1 heterocycles. The van der Waals surface area contributed by atoms with Crippen LogP contribution in [0.2, 0.25) is 0 Å². The van der Waals surface area contributed by atoms with Gasteiger partial charge >= 0.3 is 0 Å². The highest BCUT2D eigenvalue weighted by atomic mass is 19.1. The molecule has 16 heavy (non-hydrogen) atoms. The number of nitrogens with one attached hydrogen (secondary N) is 1. The van der Waals surface area contributed by atoms with E-state index in [0.29, 0.717) is 13.2 Å². The van der Waals surface area contributed by atoms with Gasteiger partial charge in [0.15, 0.2) is 5.82 Å². The summed E-state index contributed by atoms with van der Waals surface area (Å²) in [6.07, 6.45) is 1.66. The van der Waals surface area contributed by atoms with Gasteiger partial charge in [-0.25, -0.2) is 8.78 Å². The quantitative estimate of drug-likeness (QED) is 0.830. The molecule has 88 valence electrons. The number of anilines is 1. The van der Waals surface area contributed by atoms with Crippen molar-refractivity contribution < 1.29 is 13.5 Å². The number of nitrogens with two attached hydrogens (primary N) is 1. The molecular formula is C11H14F2N2O. The Morgan fingerprint density at radius 3 is 3.00 bits per heavy atom. The molecule has 3 N–H and O–H groups in total. The van der Waals surface area contributed by atoms with Gasteiger partial charge in [-0.15, -0.1) is 0 Å². The van der Waals surface area contributed by atoms with Crippen LogP contribution in [0, 0.1) is 11.6 Å². The Morgan fingerprint density at radius 2 is 2.25 bits per heavy atom. The van der Waals surface area contributed by atoms with Crippen LogP contribution in [-0.4, -0.2) is 19.2 Å². The average molecular weight is 228 g/mol. The van der Waals surface area contributed by atoms with Gasteiger partial charge in [0, 0.05) is 12.1 Å². The molecule has 5 heteroatoms. The summed E-state index contributed by atoms with van der Waals surface area (Å²) in [6.45, 7) is 1.01. The van der Waals surface area contributed by atoms with Gasteiger partial charge in [0.05, 0.1) is 6.04 Å². The van der Waals surface area contributed by atoms with Crippen LogP contribution in [0.25, 0.3) is 0 Å². The highest BCUT2D eigenvalue weighted by Crippen LogP contribution is 2.33. The third-order valence-corrected chi connectivity index (χ3v) is 2.56. The summed E-state index contributed by atoms with van der Waals surface area (Å²) in [4.78, 5) is 0. The first-order chi connectivity index (χ1) is 7.70. The van der Waals surface area contributed by atoms with Gasteiger partial charge in [0.1, 0.15) is 23.9 Å². The molecule has 1 aliphatic rings. The van der Waals surface area contributed by atoms with Crippen LogP contribution in [0.5, 0.6) is 5.75 Å². The van der Waals surface area contributed by atoms with Crippen molar-refractivity contribution in [3.05, 3.63) is 23.8 Å². The second-order valence-corrected chi connectivity index (χ2v) is 3.84. The van der Waals surface area contributed by atoms with Gasteiger partial charge in [-0.2, -0.15) is 0 Å². The Balaban J connectivity index is 2.14. The highest BCUT2D eigenvalue weighted by molar-refractivity contribution is 5.59. The predicted octanol–water partition coefficient (Wildman–Crippen LogP) is 1.88. The lowest BCUT2D eigenvalue weighted by atomic mass is 10.1. The zero-order valence-electron chi connectivity index (χ0n) is 8.80. The van der Waals surface area contributed by atoms with Crippen LogP contribution in [0.15, 0.2) is 12.1 Å². The molecule has 1 atom stereocenters. The molecule has 0 radical (unpaired) electrons. The fourth-order valence-electron chi connectivity index (χ4n) is 1.76. The van der Waals surface area contributed by atoms with Crippen molar-refractivity contribution in [3.8, 4) is 5.75 Å². The summed E-state index contributed by atoms with van der Waals surface area (Å²) < 4.78 is 31.6. The molecule has 1 aromatic carbocycles. The summed E-state index contributed by atoms with van der Waals surface area (Å²) in [5.74, 6) is -1.01. The lowest BCUT2D eigenvalue weighted by molar-refractivity contribution is 0.273. The molecule has 0 saturated carbocycles. The standard InChI is InChI=1S/C11H14F2N2O/c12-7-4-9(13)11-10(5-7)16-6-8(15-11)2-1-3-14/h4-5,8,15H,1-3,6,14H2. The maximum atomic E-state index is 13.4. The summed E-state index contributed by atoms with van der Waals surface area (Å²) >= 11 is 0. The minimum Gasteiger partial charge on any atom is -0.489 e. The number of benzene rings is 1. The van der Waals surface area contributed by atoms with E-state index in [0.717, 1.165) is 18.9 Å². The number of ether oxygens (including phenoxy) is 1. The summed E-state index contributed by atoms with van der Waals surface area (Å²) in [6, 6.07) is 2.07. The second kappa shape index (κ2) is 4.65. The third kappa shape index (κ3) is 2.24. The SMILES string of the molecule is NCCCC1COc2cc(F)cc(F)c2N1. The zero-order chi connectivity index (χ0) is 11.5. The predicted molar refractivity (Wildman–Crippen MR) is 57.6 cm³/mol. The van der Waals surface area contributed by atoms with Gasteiger partial charge in [0.2, 0.25) is 0 Å². The Hall–Kier alpha value is -1.36. The third-order valence-electron chi connectivity index (χ3n) is 2.56. The number of hydrogen-bond donors (Lipinski definition) is 2. The van der Waals surface area contributed by atoms with Crippen LogP contribution in [0.3, 0.4) is 0 Å². The van der Waals surface area contributed by atoms with Gasteiger partial charge in [-0.05, 0) is 19.4 Å². The Kier molecular flexibility index (Phi) is 3.24. The van der Waals surface area contributed by atoms with E-state index >= 15 is 0 Å². The maximum absolute atomic E-state index is 13.4. The van der Waals surface area contributed by atoms with E-state index in [4.69, 9.17) is 10.5 Å². The van der Waals surface area contributed by atoms with Crippen LogP contribution >= 0.6 is 0 Å². The molecule has 0 bridgehead atoms. The minimum absolute atomic E-state index is 0.0380. The second-order valence-electron chi connectivity index (χ2n) is 3.84. The largest absolute Gasteiger partial charge is 0.489 e. The van der Waals surface area contributed by atoms with Crippen LogP contribution in [0.4, 0.5) is 14.5 Å². The van der Waals surface area contributed by atoms with Crippen molar-refractivity contribution in [2.24, 2.45) is 5.73 Å². The van der Waals surface area contributed by atoms with Crippen molar-refractivity contribution in [2.75, 3.05) is 18.5 Å². The Labute approximate surface area is 92.6 Å². The van der Waals surface area contributed by atoms with Gasteiger partial charge in [-0.1, -0.05) is 0 Å². The van der Waals surface area contributed by atoms with Gasteiger partial charge in [-0.3, -0.25) is 0 Å². The number of halogens is 2. The summed E-state index contributed by atoms with van der Waals surface area (Å²) in [7, 11) is 0. The molecule has 0 aromatic heterocycles. The zero-order valence-corrected chi connectivity index (χ0v) is 8.80. The maximum Gasteiger partial charge on any atom is 0.153 e. The van der Waals surface area contributed by atoms with E-state index in [9.17, 15) is 8.78 Å². The van der Waals surface area contributed by atoms with E-state index in [1.165, 1.54) is 6.07 Å². The first-order valence-corrected chi connectivity index (χ1v) is 5.29. The fourth-order valence-corrected chi connectivity index (χ4v) is 1.76. The molecule has 0 saturated heterocycles. The molecule has 1 aliphatic heterocycles. The molecule has 0 spiro atoms. The van der Waals surface area contributed by atoms with Gasteiger partial charge < -0.3 is 15.8 Å². The van der Waals surface area contributed by atoms with Crippen LogP contribution in [0.1, 0.15) is 12.8 Å². The monoisotopic (exact) mass is 228 g/mol. The van der Waals surface area contributed by atoms with Crippen LogP contribution < -0.4 is 15.8 Å². The first kappa shape index (κ1) is 11.1. The Bertz CT molecular complexity index is 384. The molecule has 1 unspecified atom stereocenters. The summed E-state index contributed by atoms with van der Waals surface area (Å²) in [5, 5.41) is 3.01. The van der Waals surface area contributed by atoms with Crippen molar-refractivity contribution in [1.29, 1.82) is 0 Å². The minimum atomic E-state index is -0.626. The molecule has 0 aliphatic carbocycles. The van der Waals surface area contributed by atoms with Crippen molar-refractivity contribution >= 4 is 5.69 Å². The van der Waals surface area contributed by atoms with E-state index in [1.807, 2.05) is 0 Å². The van der Waals surface area contributed by atoms with E-state index in [-0.39, 0.29) is 17.5 Å². The number of hydrogen-bond acceptors (Lipinski definition) is 3. The molecule has 2 rings (SSSR count). The molecule has 3 nitrogen and oxygen atoms in total. The smallest absolute Gasteiger partial charge is 0.153 e. The number of fused-ring (bicyclic) bond motifs is 1. The lowest BCUT2D eigenvalue weighted by Crippen LogP contribution is -2.32. The summed E-state index contributed by atoms with van der Waals surface area (Å²) in [5.41, 5.74) is 5.64. The molecule has 0 amide bonds. The van der Waals surface area contributed by atoms with Crippen molar-refractivity contribution in [3.63, 3.8) is 0 Å². The van der Waals surface area contributed by atoms with E-state index < -0.39 is 11.6 Å². The number of rotatable bonds is 3. The lowest BCUT2D eigenvalue weighted by Gasteiger charge is -2.27. The normalized spacial score (nSPS) is 18.6. The van der Waals surface area contributed by atoms with Crippen molar-refractivity contribution in [2.45, 2.75) is 18.9 Å². The van der Waals surface area contributed by atoms with Crippen molar-refractivity contribution in [1.82, 2.24) is 0 Å². The Morgan fingerprint density at radius 1 is 1.44 bits per heavy atom. The first-order valence-electron chi connectivity index (χ1n) is 5.29. The van der Waals surface area contributed by atoms with Crippen LogP contribution in [-0.2, 0) is 0 Å². The fraction of sp³-hybridized carbons (Fsp3) is 0.455. The van der Waals surface area contributed by atoms with E-state index in [1.54, 1.807) is 0 Å². The average Bonchev–Trinajstić information content (AvgIpc) is 2.26. The van der Waals surface area contributed by atoms with E-state index in [2.05, 4.69) is 5.32 Å².